The van der Waals surface area contributed by atoms with Crippen LogP contribution in [0.5, 0.6) is 0 Å². The Labute approximate surface area is 113 Å². The Kier molecular flexibility index (Phi) is 7.62. The zero-order valence-corrected chi connectivity index (χ0v) is 11.0. The minimum Gasteiger partial charge on any atom is -0.445 e. The predicted octanol–water partition coefficient (Wildman–Crippen LogP) is 1.40. The maximum Gasteiger partial charge on any atom is 0.407 e. The molecule has 0 heterocycles. The van der Waals surface area contributed by atoms with Crippen molar-refractivity contribution in [2.24, 2.45) is 5.73 Å². The van der Waals surface area contributed by atoms with Crippen LogP contribution in [0.25, 0.3) is 0 Å². The number of nitrogens with two attached hydrogens (primary N) is 1. The summed E-state index contributed by atoms with van der Waals surface area (Å²) in [6.07, 6.45) is 1.96. The van der Waals surface area contributed by atoms with Gasteiger partial charge in [0.15, 0.2) is 0 Å². The topological polar surface area (TPSA) is 84.6 Å². The minimum atomic E-state index is -0.504. The van der Waals surface area contributed by atoms with Crippen LogP contribution in [0, 0.1) is 0 Å². The van der Waals surface area contributed by atoms with E-state index in [1.165, 1.54) is 0 Å². The summed E-state index contributed by atoms with van der Waals surface area (Å²) in [6.45, 7) is 0.759. The van der Waals surface area contributed by atoms with E-state index in [0.29, 0.717) is 13.0 Å². The molecule has 1 atom stereocenters. The molecular formula is C14H22N2O3. The fraction of sp³-hybridized carbons (Fsp3) is 0.500. The maximum atomic E-state index is 11.5. The van der Waals surface area contributed by atoms with Crippen LogP contribution < -0.4 is 11.1 Å². The molecule has 0 aromatic heterocycles. The van der Waals surface area contributed by atoms with E-state index in [1.54, 1.807) is 0 Å². The lowest BCUT2D eigenvalue weighted by Gasteiger charge is -2.16. The van der Waals surface area contributed by atoms with Gasteiger partial charge in [-0.3, -0.25) is 0 Å². The summed E-state index contributed by atoms with van der Waals surface area (Å²) in [6, 6.07) is 9.19. The molecule has 4 N–H and O–H groups in total. The number of aliphatic hydroxyl groups is 1. The smallest absolute Gasteiger partial charge is 0.407 e. The molecule has 0 fully saturated rings. The highest BCUT2D eigenvalue weighted by molar-refractivity contribution is 5.67. The largest absolute Gasteiger partial charge is 0.445 e. The third-order valence-electron chi connectivity index (χ3n) is 2.76. The van der Waals surface area contributed by atoms with Crippen LogP contribution in [-0.2, 0) is 11.3 Å². The van der Waals surface area contributed by atoms with E-state index in [-0.39, 0.29) is 19.3 Å². The Bertz CT molecular complexity index is 357. The number of benzene rings is 1. The molecule has 5 nitrogen and oxygen atoms in total. The summed E-state index contributed by atoms with van der Waals surface area (Å²) >= 11 is 0. The van der Waals surface area contributed by atoms with Crippen LogP contribution >= 0.6 is 0 Å². The first-order chi connectivity index (χ1) is 9.26. The Morgan fingerprint density at radius 2 is 2.05 bits per heavy atom. The average Bonchev–Trinajstić information content (AvgIpc) is 2.45. The third kappa shape index (κ3) is 6.79. The summed E-state index contributed by atoms with van der Waals surface area (Å²) < 4.78 is 5.08. The molecule has 106 valence electrons. The number of rotatable bonds is 8. The molecule has 0 aliphatic carbocycles. The van der Waals surface area contributed by atoms with Gasteiger partial charge in [0.05, 0.1) is 12.6 Å². The summed E-state index contributed by atoms with van der Waals surface area (Å²) in [7, 11) is 0. The number of nitrogens with one attached hydrogen (secondary N) is 1. The molecule has 0 aliphatic heterocycles. The van der Waals surface area contributed by atoms with Gasteiger partial charge in [-0.1, -0.05) is 36.8 Å². The lowest BCUT2D eigenvalue weighted by atomic mass is 10.1. The zero-order valence-electron chi connectivity index (χ0n) is 11.0. The molecule has 0 unspecified atom stereocenters. The monoisotopic (exact) mass is 266 g/mol. The lowest BCUT2D eigenvalue weighted by Crippen LogP contribution is -2.37. The van der Waals surface area contributed by atoms with Crippen molar-refractivity contribution >= 4 is 6.09 Å². The number of carbonyl (C=O) groups excluding carboxylic acids is 1. The van der Waals surface area contributed by atoms with Crippen molar-refractivity contribution < 1.29 is 14.6 Å². The normalized spacial score (nSPS) is 11.9. The van der Waals surface area contributed by atoms with Gasteiger partial charge in [0.2, 0.25) is 0 Å². The van der Waals surface area contributed by atoms with Crippen molar-refractivity contribution in [1.82, 2.24) is 5.32 Å². The van der Waals surface area contributed by atoms with Gasteiger partial charge in [-0.05, 0) is 24.9 Å². The Balaban J connectivity index is 2.25. The standard InChI is InChI=1S/C14H22N2O3/c15-9-5-4-8-13(10-17)16-14(18)19-11-12-6-2-1-3-7-12/h1-3,6-7,13,17H,4-5,8-11,15H2,(H,16,18)/t13-/m1/s1. The molecule has 0 saturated carbocycles. The fourth-order valence-corrected chi connectivity index (χ4v) is 1.68. The van der Waals surface area contributed by atoms with Crippen LogP contribution in [0.4, 0.5) is 4.79 Å². The average molecular weight is 266 g/mol. The Morgan fingerprint density at radius 1 is 1.32 bits per heavy atom. The number of unbranched alkanes of at least 4 members (excludes halogenated alkanes) is 1. The van der Waals surface area contributed by atoms with Gasteiger partial charge >= 0.3 is 6.09 Å². The summed E-state index contributed by atoms with van der Waals surface area (Å²) in [5.74, 6) is 0. The van der Waals surface area contributed by atoms with E-state index >= 15 is 0 Å². The molecule has 0 radical (unpaired) electrons. The van der Waals surface area contributed by atoms with Crippen molar-refractivity contribution in [1.29, 1.82) is 0 Å². The van der Waals surface area contributed by atoms with Gasteiger partial charge in [-0.15, -0.1) is 0 Å². The van der Waals surface area contributed by atoms with Crippen LogP contribution in [-0.4, -0.2) is 30.4 Å². The van der Waals surface area contributed by atoms with Crippen molar-refractivity contribution in [2.45, 2.75) is 31.9 Å². The van der Waals surface area contributed by atoms with E-state index in [1.807, 2.05) is 30.3 Å². The van der Waals surface area contributed by atoms with Crippen molar-refractivity contribution in [3.05, 3.63) is 35.9 Å². The Hall–Kier alpha value is -1.59. The number of carbonyl (C=O) groups is 1. The van der Waals surface area contributed by atoms with Gasteiger partial charge in [-0.2, -0.15) is 0 Å². The molecule has 1 aromatic rings. The van der Waals surface area contributed by atoms with Gasteiger partial charge in [0.25, 0.3) is 0 Å². The van der Waals surface area contributed by atoms with E-state index < -0.39 is 6.09 Å². The fourth-order valence-electron chi connectivity index (χ4n) is 1.68. The van der Waals surface area contributed by atoms with Crippen LogP contribution in [0.3, 0.4) is 0 Å². The summed E-state index contributed by atoms with van der Waals surface area (Å²) in [4.78, 5) is 11.5. The van der Waals surface area contributed by atoms with Gasteiger partial charge in [0.1, 0.15) is 6.61 Å². The van der Waals surface area contributed by atoms with E-state index in [4.69, 9.17) is 15.6 Å². The highest BCUT2D eigenvalue weighted by atomic mass is 16.5. The highest BCUT2D eigenvalue weighted by Gasteiger charge is 2.11. The molecule has 19 heavy (non-hydrogen) atoms. The molecule has 0 aliphatic rings. The van der Waals surface area contributed by atoms with E-state index in [9.17, 15) is 4.79 Å². The quantitative estimate of drug-likeness (QED) is 0.621. The number of hydrogen-bond acceptors (Lipinski definition) is 4. The minimum absolute atomic E-state index is 0.0923. The van der Waals surface area contributed by atoms with Crippen molar-refractivity contribution in [3.8, 4) is 0 Å². The van der Waals surface area contributed by atoms with Gasteiger partial charge in [-0.25, -0.2) is 4.79 Å². The van der Waals surface area contributed by atoms with Crippen molar-refractivity contribution in [2.75, 3.05) is 13.2 Å². The van der Waals surface area contributed by atoms with Gasteiger partial charge in [0, 0.05) is 0 Å². The summed E-state index contributed by atoms with van der Waals surface area (Å²) in [5.41, 5.74) is 6.33. The van der Waals surface area contributed by atoms with Crippen LogP contribution in [0.1, 0.15) is 24.8 Å². The van der Waals surface area contributed by atoms with Crippen LogP contribution in [0.15, 0.2) is 30.3 Å². The van der Waals surface area contributed by atoms with Gasteiger partial charge < -0.3 is 20.9 Å². The maximum absolute atomic E-state index is 11.5. The predicted molar refractivity (Wildman–Crippen MR) is 73.5 cm³/mol. The summed E-state index contributed by atoms with van der Waals surface area (Å²) in [5, 5.41) is 11.8. The molecule has 0 bridgehead atoms. The molecule has 1 amide bonds. The first-order valence-corrected chi connectivity index (χ1v) is 6.54. The number of aliphatic hydroxyl groups excluding tert-OH is 1. The number of amides is 1. The first-order valence-electron chi connectivity index (χ1n) is 6.54. The molecule has 1 rings (SSSR count). The van der Waals surface area contributed by atoms with E-state index in [2.05, 4.69) is 5.32 Å². The first kappa shape index (κ1) is 15.5. The molecular weight excluding hydrogens is 244 g/mol. The number of ether oxygens (including phenoxy) is 1. The Morgan fingerprint density at radius 3 is 2.68 bits per heavy atom. The zero-order chi connectivity index (χ0) is 13.9. The lowest BCUT2D eigenvalue weighted by molar-refractivity contribution is 0.128. The van der Waals surface area contributed by atoms with Crippen molar-refractivity contribution in [3.63, 3.8) is 0 Å². The molecule has 0 saturated heterocycles. The second kappa shape index (κ2) is 9.35. The van der Waals surface area contributed by atoms with E-state index in [0.717, 1.165) is 18.4 Å². The second-order valence-corrected chi connectivity index (χ2v) is 4.37. The molecule has 1 aromatic carbocycles. The van der Waals surface area contributed by atoms with Crippen LogP contribution in [0.2, 0.25) is 0 Å². The molecule has 5 heteroatoms. The second-order valence-electron chi connectivity index (χ2n) is 4.37. The SMILES string of the molecule is NCCCC[C@H](CO)NC(=O)OCc1ccccc1. The highest BCUT2D eigenvalue weighted by Crippen LogP contribution is 2.03. The number of hydrogen-bond donors (Lipinski definition) is 3. The molecule has 0 spiro atoms. The third-order valence-corrected chi connectivity index (χ3v) is 2.76. The number of alkyl carbamates (subject to hydrolysis) is 1.